The number of aromatic nitrogens is 3. The molecular weight excluding hydrogens is 336 g/mol. The van der Waals surface area contributed by atoms with Crippen LogP contribution >= 0.6 is 11.6 Å². The molecule has 0 amide bonds. The normalized spacial score (nSPS) is 18.4. The standard InChI is InChI=1S/C18H23ClN6/c1-24-6-8-25(9-7-24)17-5-2-13(12-21-17)11-20-16-10-15(19)22-18(23-16)14-3-4-14/h2,5,10,12,14H,3-4,6-9,11H2,1H3,(H,20,22,23). The number of halogens is 1. The summed E-state index contributed by atoms with van der Waals surface area (Å²) >= 11 is 6.11. The van der Waals surface area contributed by atoms with Gasteiger partial charge in [-0.15, -0.1) is 0 Å². The van der Waals surface area contributed by atoms with Gasteiger partial charge in [0.15, 0.2) is 0 Å². The third kappa shape index (κ3) is 4.19. The molecule has 2 aromatic heterocycles. The number of nitrogens with one attached hydrogen (secondary N) is 1. The van der Waals surface area contributed by atoms with Crippen molar-refractivity contribution in [2.45, 2.75) is 25.3 Å². The maximum absolute atomic E-state index is 6.11. The SMILES string of the molecule is CN1CCN(c2ccc(CNc3cc(Cl)nc(C4CC4)n3)cn2)CC1. The number of pyridine rings is 1. The summed E-state index contributed by atoms with van der Waals surface area (Å²) in [5.41, 5.74) is 1.13. The highest BCUT2D eigenvalue weighted by Crippen LogP contribution is 2.38. The molecule has 4 rings (SSSR count). The zero-order chi connectivity index (χ0) is 17.2. The molecule has 0 bridgehead atoms. The van der Waals surface area contributed by atoms with Crippen molar-refractivity contribution < 1.29 is 0 Å². The van der Waals surface area contributed by atoms with Crippen molar-refractivity contribution in [3.05, 3.63) is 40.9 Å². The van der Waals surface area contributed by atoms with Gasteiger partial charge >= 0.3 is 0 Å². The Morgan fingerprint density at radius 1 is 1.16 bits per heavy atom. The first-order valence-electron chi connectivity index (χ1n) is 8.84. The second-order valence-electron chi connectivity index (χ2n) is 6.88. The summed E-state index contributed by atoms with van der Waals surface area (Å²) < 4.78 is 0. The van der Waals surface area contributed by atoms with Gasteiger partial charge in [0.05, 0.1) is 0 Å². The van der Waals surface area contributed by atoms with Crippen LogP contribution in [0.4, 0.5) is 11.6 Å². The van der Waals surface area contributed by atoms with E-state index in [1.165, 1.54) is 0 Å². The highest BCUT2D eigenvalue weighted by atomic mass is 35.5. The zero-order valence-corrected chi connectivity index (χ0v) is 15.2. The van der Waals surface area contributed by atoms with Gasteiger partial charge < -0.3 is 15.1 Å². The fourth-order valence-corrected chi connectivity index (χ4v) is 3.18. The predicted octanol–water partition coefficient (Wildman–Crippen LogP) is 2.77. The van der Waals surface area contributed by atoms with Gasteiger partial charge in [-0.1, -0.05) is 17.7 Å². The average Bonchev–Trinajstić information content (AvgIpc) is 3.46. The molecule has 25 heavy (non-hydrogen) atoms. The summed E-state index contributed by atoms with van der Waals surface area (Å²) in [6, 6.07) is 6.00. The molecule has 0 atom stereocenters. The van der Waals surface area contributed by atoms with Crippen molar-refractivity contribution in [1.29, 1.82) is 0 Å². The highest BCUT2D eigenvalue weighted by Gasteiger charge is 2.27. The molecule has 6 nitrogen and oxygen atoms in total. The van der Waals surface area contributed by atoms with Crippen molar-refractivity contribution >= 4 is 23.2 Å². The van der Waals surface area contributed by atoms with E-state index in [1.54, 1.807) is 6.07 Å². The van der Waals surface area contributed by atoms with Crippen LogP contribution in [0.1, 0.15) is 30.1 Å². The van der Waals surface area contributed by atoms with Crippen LogP contribution in [0.25, 0.3) is 0 Å². The molecule has 0 aromatic carbocycles. The average molecular weight is 359 g/mol. The minimum Gasteiger partial charge on any atom is -0.366 e. The predicted molar refractivity (Wildman–Crippen MR) is 100 cm³/mol. The first-order valence-corrected chi connectivity index (χ1v) is 9.22. The first-order chi connectivity index (χ1) is 12.2. The number of rotatable bonds is 5. The number of likely N-dealkylation sites (N-methyl/N-ethyl adjacent to an activating group) is 1. The fourth-order valence-electron chi connectivity index (χ4n) is 2.99. The molecule has 1 N–H and O–H groups in total. The number of hydrogen-bond donors (Lipinski definition) is 1. The van der Waals surface area contributed by atoms with Gasteiger partial charge in [0.1, 0.15) is 22.6 Å². The van der Waals surface area contributed by atoms with Gasteiger partial charge in [0.2, 0.25) is 0 Å². The van der Waals surface area contributed by atoms with Crippen LogP contribution in [0.5, 0.6) is 0 Å². The van der Waals surface area contributed by atoms with Gasteiger partial charge in [-0.05, 0) is 31.5 Å². The minimum atomic E-state index is 0.490. The quantitative estimate of drug-likeness (QED) is 0.829. The van der Waals surface area contributed by atoms with Gasteiger partial charge in [0, 0.05) is 50.9 Å². The van der Waals surface area contributed by atoms with Crippen LogP contribution in [0.2, 0.25) is 5.15 Å². The Morgan fingerprint density at radius 2 is 1.96 bits per heavy atom. The molecule has 1 aliphatic carbocycles. The molecule has 0 spiro atoms. The van der Waals surface area contributed by atoms with E-state index in [9.17, 15) is 0 Å². The molecule has 7 heteroatoms. The van der Waals surface area contributed by atoms with Crippen LogP contribution in [0, 0.1) is 0 Å². The van der Waals surface area contributed by atoms with Gasteiger partial charge in [-0.3, -0.25) is 0 Å². The lowest BCUT2D eigenvalue weighted by atomic mass is 10.2. The van der Waals surface area contributed by atoms with Crippen LogP contribution < -0.4 is 10.2 Å². The number of piperazine rings is 1. The monoisotopic (exact) mass is 358 g/mol. The van der Waals surface area contributed by atoms with E-state index >= 15 is 0 Å². The summed E-state index contributed by atoms with van der Waals surface area (Å²) in [4.78, 5) is 18.2. The fraction of sp³-hybridized carbons (Fsp3) is 0.500. The Bertz CT molecular complexity index is 723. The van der Waals surface area contributed by atoms with E-state index in [2.05, 4.69) is 49.2 Å². The molecule has 132 valence electrons. The molecule has 1 aliphatic heterocycles. The van der Waals surface area contributed by atoms with Gasteiger partial charge in [-0.2, -0.15) is 0 Å². The van der Waals surface area contributed by atoms with Crippen LogP contribution in [0.3, 0.4) is 0 Å². The largest absolute Gasteiger partial charge is 0.366 e. The maximum Gasteiger partial charge on any atom is 0.135 e. The summed E-state index contributed by atoms with van der Waals surface area (Å²) in [6.45, 7) is 4.91. The third-order valence-electron chi connectivity index (χ3n) is 4.76. The van der Waals surface area contributed by atoms with Crippen molar-refractivity contribution in [2.75, 3.05) is 43.4 Å². The number of hydrogen-bond acceptors (Lipinski definition) is 6. The Kier molecular flexibility index (Phi) is 4.72. The molecule has 2 fully saturated rings. The van der Waals surface area contributed by atoms with E-state index in [-0.39, 0.29) is 0 Å². The van der Waals surface area contributed by atoms with E-state index in [1.807, 2.05) is 6.20 Å². The lowest BCUT2D eigenvalue weighted by Gasteiger charge is -2.33. The van der Waals surface area contributed by atoms with Crippen molar-refractivity contribution in [3.63, 3.8) is 0 Å². The topological polar surface area (TPSA) is 57.2 Å². The molecule has 1 saturated carbocycles. The van der Waals surface area contributed by atoms with E-state index in [0.717, 1.165) is 62.0 Å². The number of anilines is 2. The van der Waals surface area contributed by atoms with Crippen molar-refractivity contribution in [3.8, 4) is 0 Å². The third-order valence-corrected chi connectivity index (χ3v) is 4.96. The molecule has 3 heterocycles. The second kappa shape index (κ2) is 7.14. The molecule has 0 unspecified atom stereocenters. The van der Waals surface area contributed by atoms with E-state index < -0.39 is 0 Å². The van der Waals surface area contributed by atoms with Crippen LogP contribution in [-0.2, 0) is 6.54 Å². The molecule has 2 aliphatic rings. The summed E-state index contributed by atoms with van der Waals surface area (Å²) in [6.07, 6.45) is 4.26. The zero-order valence-electron chi connectivity index (χ0n) is 14.5. The molecule has 0 radical (unpaired) electrons. The highest BCUT2D eigenvalue weighted by molar-refractivity contribution is 6.29. The van der Waals surface area contributed by atoms with Crippen LogP contribution in [0.15, 0.2) is 24.4 Å². The lowest BCUT2D eigenvalue weighted by Crippen LogP contribution is -2.44. The lowest BCUT2D eigenvalue weighted by molar-refractivity contribution is 0.312. The Hall–Kier alpha value is -1.92. The van der Waals surface area contributed by atoms with Crippen LogP contribution in [-0.4, -0.2) is 53.1 Å². The number of nitrogens with zero attached hydrogens (tertiary/aromatic N) is 5. The molecular formula is C18H23ClN6. The van der Waals surface area contributed by atoms with Gasteiger partial charge in [0.25, 0.3) is 0 Å². The minimum absolute atomic E-state index is 0.490. The van der Waals surface area contributed by atoms with Crippen molar-refractivity contribution in [2.24, 2.45) is 0 Å². The molecule has 2 aromatic rings. The summed E-state index contributed by atoms with van der Waals surface area (Å²) in [7, 11) is 2.16. The summed E-state index contributed by atoms with van der Waals surface area (Å²) in [5, 5.41) is 3.84. The van der Waals surface area contributed by atoms with Crippen molar-refractivity contribution in [1.82, 2.24) is 19.9 Å². The smallest absolute Gasteiger partial charge is 0.135 e. The van der Waals surface area contributed by atoms with Gasteiger partial charge in [-0.25, -0.2) is 15.0 Å². The first kappa shape index (κ1) is 16.5. The second-order valence-corrected chi connectivity index (χ2v) is 7.26. The Morgan fingerprint density at radius 3 is 2.64 bits per heavy atom. The van der Waals surface area contributed by atoms with E-state index in [4.69, 9.17) is 11.6 Å². The summed E-state index contributed by atoms with van der Waals surface area (Å²) in [5.74, 6) is 3.19. The Labute approximate surface area is 153 Å². The maximum atomic E-state index is 6.11. The van der Waals surface area contributed by atoms with E-state index in [0.29, 0.717) is 17.6 Å². The Balaban J connectivity index is 1.37. The molecule has 1 saturated heterocycles.